The lowest BCUT2D eigenvalue weighted by Gasteiger charge is -2.31. The minimum absolute atomic E-state index is 1.01. The Bertz CT molecular complexity index is 271. The van der Waals surface area contributed by atoms with Crippen LogP contribution in [0.1, 0.15) is 65.2 Å². The summed E-state index contributed by atoms with van der Waals surface area (Å²) in [6.07, 6.45) is 12.1. The molecule has 3 aliphatic carbocycles. The average Bonchev–Trinajstić information content (AvgIpc) is 2.63. The first-order chi connectivity index (χ1) is 7.79. The van der Waals surface area contributed by atoms with E-state index in [0.717, 1.165) is 23.7 Å². The molecule has 0 heteroatoms. The Hall–Kier alpha value is -0.260. The number of rotatable bonds is 0. The highest BCUT2D eigenvalue weighted by Gasteiger charge is 2.47. The topological polar surface area (TPSA) is 0 Å². The summed E-state index contributed by atoms with van der Waals surface area (Å²) in [4.78, 5) is 0. The van der Waals surface area contributed by atoms with Gasteiger partial charge < -0.3 is 0 Å². The molecule has 0 heterocycles. The van der Waals surface area contributed by atoms with Crippen LogP contribution >= 0.6 is 0 Å². The first kappa shape index (κ1) is 10.9. The highest BCUT2D eigenvalue weighted by atomic mass is 14.5. The standard InChI is InChI=1S/C16H26/c1-11(2)16-14-9-5-3-7-12(14)13-8-4-6-10-15(13)16/h12-15H,3-10H2,1-2H3. The summed E-state index contributed by atoms with van der Waals surface area (Å²) < 4.78 is 0. The first-order valence-electron chi connectivity index (χ1n) is 7.46. The lowest BCUT2D eigenvalue weighted by Crippen LogP contribution is -2.22. The van der Waals surface area contributed by atoms with Crippen molar-refractivity contribution in [3.63, 3.8) is 0 Å². The average molecular weight is 218 g/mol. The number of hydrogen-bond donors (Lipinski definition) is 0. The van der Waals surface area contributed by atoms with Gasteiger partial charge in [0.15, 0.2) is 0 Å². The van der Waals surface area contributed by atoms with E-state index < -0.39 is 0 Å². The normalized spacial score (nSPS) is 42.8. The molecule has 4 atom stereocenters. The van der Waals surface area contributed by atoms with Crippen molar-refractivity contribution in [1.82, 2.24) is 0 Å². The summed E-state index contributed by atoms with van der Waals surface area (Å²) in [5.74, 6) is 4.19. The predicted octanol–water partition coefficient (Wildman–Crippen LogP) is 4.95. The van der Waals surface area contributed by atoms with Gasteiger partial charge in [0.1, 0.15) is 0 Å². The zero-order valence-electron chi connectivity index (χ0n) is 11.0. The number of fused-ring (bicyclic) bond motifs is 3. The van der Waals surface area contributed by atoms with Gasteiger partial charge in [0, 0.05) is 0 Å². The van der Waals surface area contributed by atoms with Crippen molar-refractivity contribution in [3.8, 4) is 0 Å². The summed E-state index contributed by atoms with van der Waals surface area (Å²) in [5, 5.41) is 0. The van der Waals surface area contributed by atoms with Crippen molar-refractivity contribution in [1.29, 1.82) is 0 Å². The van der Waals surface area contributed by atoms with Crippen LogP contribution in [0.5, 0.6) is 0 Å². The molecule has 0 nitrogen and oxygen atoms in total. The second-order valence-electron chi connectivity index (χ2n) is 6.56. The van der Waals surface area contributed by atoms with E-state index in [1.165, 1.54) is 38.5 Å². The maximum atomic E-state index is 2.37. The Balaban J connectivity index is 1.95. The Morgan fingerprint density at radius 2 is 1.19 bits per heavy atom. The smallest absolute Gasteiger partial charge is 0.0167 e. The van der Waals surface area contributed by atoms with E-state index >= 15 is 0 Å². The maximum Gasteiger partial charge on any atom is -0.0167 e. The van der Waals surface area contributed by atoms with Gasteiger partial charge in [0.2, 0.25) is 0 Å². The molecule has 0 aliphatic heterocycles. The molecule has 16 heavy (non-hydrogen) atoms. The Kier molecular flexibility index (Phi) is 2.85. The fraction of sp³-hybridized carbons (Fsp3) is 0.875. The fourth-order valence-electron chi connectivity index (χ4n) is 5.13. The van der Waals surface area contributed by atoms with E-state index in [9.17, 15) is 0 Å². The van der Waals surface area contributed by atoms with E-state index in [1.807, 2.05) is 5.57 Å². The summed E-state index contributed by atoms with van der Waals surface area (Å²) in [6.45, 7) is 4.75. The van der Waals surface area contributed by atoms with E-state index in [2.05, 4.69) is 13.8 Å². The molecule has 90 valence electrons. The van der Waals surface area contributed by atoms with Crippen LogP contribution < -0.4 is 0 Å². The van der Waals surface area contributed by atoms with Gasteiger partial charge in [-0.05, 0) is 63.2 Å². The molecule has 0 aromatic rings. The molecule has 0 spiro atoms. The lowest BCUT2D eigenvalue weighted by molar-refractivity contribution is 0.184. The second-order valence-corrected chi connectivity index (χ2v) is 6.56. The Morgan fingerprint density at radius 3 is 1.62 bits per heavy atom. The van der Waals surface area contributed by atoms with Crippen LogP contribution in [0.15, 0.2) is 11.1 Å². The van der Waals surface area contributed by atoms with Crippen LogP contribution in [-0.2, 0) is 0 Å². The number of allylic oxidation sites excluding steroid dienone is 2. The van der Waals surface area contributed by atoms with Gasteiger partial charge in [0.25, 0.3) is 0 Å². The molecular formula is C16H26. The van der Waals surface area contributed by atoms with Gasteiger partial charge in [-0.3, -0.25) is 0 Å². The molecule has 3 fully saturated rings. The lowest BCUT2D eigenvalue weighted by atomic mass is 9.73. The zero-order valence-corrected chi connectivity index (χ0v) is 11.0. The van der Waals surface area contributed by atoms with Crippen molar-refractivity contribution in [2.75, 3.05) is 0 Å². The minimum atomic E-state index is 1.01. The summed E-state index contributed by atoms with van der Waals surface area (Å²) in [5.41, 5.74) is 3.60. The summed E-state index contributed by atoms with van der Waals surface area (Å²) >= 11 is 0. The second kappa shape index (κ2) is 4.20. The van der Waals surface area contributed by atoms with Crippen LogP contribution in [-0.4, -0.2) is 0 Å². The SMILES string of the molecule is CC(C)=C1C2CCCCC2C2CCCCC12. The molecule has 3 rings (SSSR count). The van der Waals surface area contributed by atoms with Crippen LogP contribution in [0.2, 0.25) is 0 Å². The monoisotopic (exact) mass is 218 g/mol. The molecule has 0 saturated heterocycles. The molecule has 0 aromatic heterocycles. The van der Waals surface area contributed by atoms with Crippen molar-refractivity contribution in [2.24, 2.45) is 23.7 Å². The highest BCUT2D eigenvalue weighted by Crippen LogP contribution is 2.57. The first-order valence-corrected chi connectivity index (χ1v) is 7.46. The number of hydrogen-bond acceptors (Lipinski definition) is 0. The third-order valence-corrected chi connectivity index (χ3v) is 5.57. The quantitative estimate of drug-likeness (QED) is 0.505. The van der Waals surface area contributed by atoms with E-state index in [1.54, 1.807) is 18.4 Å². The fourth-order valence-corrected chi connectivity index (χ4v) is 5.13. The van der Waals surface area contributed by atoms with Gasteiger partial charge in [-0.15, -0.1) is 0 Å². The highest BCUT2D eigenvalue weighted by molar-refractivity contribution is 5.26. The molecule has 4 unspecified atom stereocenters. The van der Waals surface area contributed by atoms with Crippen LogP contribution in [0.3, 0.4) is 0 Å². The van der Waals surface area contributed by atoms with Crippen LogP contribution in [0.25, 0.3) is 0 Å². The van der Waals surface area contributed by atoms with E-state index in [-0.39, 0.29) is 0 Å². The van der Waals surface area contributed by atoms with Gasteiger partial charge in [0.05, 0.1) is 0 Å². The molecular weight excluding hydrogens is 192 g/mol. The third kappa shape index (κ3) is 1.57. The molecule has 0 aromatic carbocycles. The zero-order chi connectivity index (χ0) is 11.1. The molecule has 0 N–H and O–H groups in total. The van der Waals surface area contributed by atoms with Crippen molar-refractivity contribution in [3.05, 3.63) is 11.1 Å². The third-order valence-electron chi connectivity index (χ3n) is 5.57. The van der Waals surface area contributed by atoms with Crippen LogP contribution in [0.4, 0.5) is 0 Å². The maximum absolute atomic E-state index is 2.37. The summed E-state index contributed by atoms with van der Waals surface area (Å²) in [7, 11) is 0. The molecule has 0 radical (unpaired) electrons. The largest absolute Gasteiger partial charge is 0.0767 e. The van der Waals surface area contributed by atoms with Gasteiger partial charge in [-0.2, -0.15) is 0 Å². The van der Waals surface area contributed by atoms with Gasteiger partial charge in [-0.1, -0.05) is 36.8 Å². The van der Waals surface area contributed by atoms with Crippen LogP contribution in [0, 0.1) is 23.7 Å². The van der Waals surface area contributed by atoms with Gasteiger partial charge in [-0.25, -0.2) is 0 Å². The van der Waals surface area contributed by atoms with E-state index in [4.69, 9.17) is 0 Å². The Morgan fingerprint density at radius 1 is 0.750 bits per heavy atom. The van der Waals surface area contributed by atoms with Crippen molar-refractivity contribution in [2.45, 2.75) is 65.2 Å². The predicted molar refractivity (Wildman–Crippen MR) is 69.3 cm³/mol. The molecule has 0 amide bonds. The minimum Gasteiger partial charge on any atom is -0.0767 e. The van der Waals surface area contributed by atoms with Gasteiger partial charge >= 0.3 is 0 Å². The molecule has 0 bridgehead atoms. The Labute approximate surface area is 101 Å². The van der Waals surface area contributed by atoms with Crippen molar-refractivity contribution >= 4 is 0 Å². The molecule has 3 saturated carbocycles. The van der Waals surface area contributed by atoms with Crippen molar-refractivity contribution < 1.29 is 0 Å². The van der Waals surface area contributed by atoms with E-state index in [0.29, 0.717) is 0 Å². The molecule has 3 aliphatic rings. The summed E-state index contributed by atoms with van der Waals surface area (Å²) in [6, 6.07) is 0.